The van der Waals surface area contributed by atoms with E-state index in [1.165, 1.54) is 32.7 Å². The number of esters is 1. The van der Waals surface area contributed by atoms with Crippen molar-refractivity contribution in [1.82, 2.24) is 9.97 Å². The predicted molar refractivity (Wildman–Crippen MR) is 67.0 cm³/mol. The highest BCUT2D eigenvalue weighted by Crippen LogP contribution is 2.32. The minimum atomic E-state index is -0.613. The molecule has 1 N–H and O–H groups in total. The number of hydrogen-bond acceptors (Lipinski definition) is 6. The van der Waals surface area contributed by atoms with Gasteiger partial charge in [0.1, 0.15) is 17.2 Å². The van der Waals surface area contributed by atoms with Crippen molar-refractivity contribution in [2.24, 2.45) is 0 Å². The predicted octanol–water partition coefficient (Wildman–Crippen LogP) is 1.64. The topological polar surface area (TPSA) is 81.5 Å². The van der Waals surface area contributed by atoms with Gasteiger partial charge in [-0.05, 0) is 12.1 Å². The van der Waals surface area contributed by atoms with Crippen LogP contribution in [0.5, 0.6) is 11.5 Å². The van der Waals surface area contributed by atoms with E-state index in [2.05, 4.69) is 14.7 Å². The molecule has 0 atom stereocenters. The zero-order valence-corrected chi connectivity index (χ0v) is 10.5. The lowest BCUT2D eigenvalue weighted by Gasteiger charge is -2.08. The van der Waals surface area contributed by atoms with Crippen LogP contribution in [-0.2, 0) is 4.74 Å². The first-order chi connectivity index (χ1) is 9.17. The van der Waals surface area contributed by atoms with E-state index in [4.69, 9.17) is 4.74 Å². The van der Waals surface area contributed by atoms with E-state index >= 15 is 0 Å². The van der Waals surface area contributed by atoms with E-state index in [-0.39, 0.29) is 17.1 Å². The minimum absolute atomic E-state index is 0.0467. The summed E-state index contributed by atoms with van der Waals surface area (Å²) in [6.45, 7) is 0. The Balaban J connectivity index is 2.56. The van der Waals surface area contributed by atoms with Gasteiger partial charge in [0.15, 0.2) is 5.69 Å². The average molecular weight is 260 g/mol. The van der Waals surface area contributed by atoms with Gasteiger partial charge in [0.2, 0.25) is 0 Å². The molecule has 0 saturated carbocycles. The standard InChI is InChI=1S/C13H12N2O4/c1-18-8-3-4-9(10(16)7-8)11-12(13(17)19-2)15-6-5-14-11/h3-7,16H,1-2H3. The second kappa shape index (κ2) is 5.34. The maximum Gasteiger partial charge on any atom is 0.358 e. The highest BCUT2D eigenvalue weighted by atomic mass is 16.5. The molecule has 1 aromatic heterocycles. The fourth-order valence-electron chi connectivity index (χ4n) is 1.62. The monoisotopic (exact) mass is 260 g/mol. The van der Waals surface area contributed by atoms with Gasteiger partial charge in [0, 0.05) is 24.0 Å². The van der Waals surface area contributed by atoms with Gasteiger partial charge in [0.25, 0.3) is 0 Å². The summed E-state index contributed by atoms with van der Waals surface area (Å²) >= 11 is 0. The Bertz CT molecular complexity index is 613. The summed E-state index contributed by atoms with van der Waals surface area (Å²) < 4.78 is 9.63. The van der Waals surface area contributed by atoms with Crippen molar-refractivity contribution < 1.29 is 19.4 Å². The van der Waals surface area contributed by atoms with Crippen molar-refractivity contribution in [3.8, 4) is 22.8 Å². The molecule has 19 heavy (non-hydrogen) atoms. The van der Waals surface area contributed by atoms with Crippen molar-refractivity contribution in [3.63, 3.8) is 0 Å². The Morgan fingerprint density at radius 2 is 1.95 bits per heavy atom. The van der Waals surface area contributed by atoms with Crippen LogP contribution in [0.2, 0.25) is 0 Å². The van der Waals surface area contributed by atoms with E-state index in [0.717, 1.165) is 0 Å². The summed E-state index contributed by atoms with van der Waals surface area (Å²) in [5, 5.41) is 9.95. The number of hydrogen-bond donors (Lipinski definition) is 1. The zero-order chi connectivity index (χ0) is 13.8. The number of carbonyl (C=O) groups excluding carboxylic acids is 1. The normalized spacial score (nSPS) is 10.0. The molecule has 0 unspecified atom stereocenters. The van der Waals surface area contributed by atoms with Crippen LogP contribution in [0.25, 0.3) is 11.3 Å². The Kier molecular flexibility index (Phi) is 3.61. The average Bonchev–Trinajstić information content (AvgIpc) is 2.46. The molecule has 0 aliphatic rings. The van der Waals surface area contributed by atoms with Crippen LogP contribution >= 0.6 is 0 Å². The van der Waals surface area contributed by atoms with Crippen LogP contribution in [0.3, 0.4) is 0 Å². The fraction of sp³-hybridized carbons (Fsp3) is 0.154. The zero-order valence-electron chi connectivity index (χ0n) is 10.5. The molecule has 0 radical (unpaired) electrons. The number of phenolic OH excluding ortho intramolecular Hbond substituents is 1. The first-order valence-electron chi connectivity index (χ1n) is 5.44. The summed E-state index contributed by atoms with van der Waals surface area (Å²) in [6, 6.07) is 4.69. The number of aromatic nitrogens is 2. The fourth-order valence-corrected chi connectivity index (χ4v) is 1.62. The molecule has 0 spiro atoms. The first kappa shape index (κ1) is 12.8. The summed E-state index contributed by atoms with van der Waals surface area (Å²) in [5.74, 6) is -0.159. The lowest BCUT2D eigenvalue weighted by Crippen LogP contribution is -2.07. The van der Waals surface area contributed by atoms with Crippen LogP contribution < -0.4 is 4.74 Å². The van der Waals surface area contributed by atoms with Gasteiger partial charge in [-0.2, -0.15) is 0 Å². The van der Waals surface area contributed by atoms with Gasteiger partial charge >= 0.3 is 5.97 Å². The van der Waals surface area contributed by atoms with Crippen LogP contribution in [-0.4, -0.2) is 35.3 Å². The van der Waals surface area contributed by atoms with E-state index < -0.39 is 5.97 Å². The van der Waals surface area contributed by atoms with Gasteiger partial charge in [-0.3, -0.25) is 4.98 Å². The number of nitrogens with zero attached hydrogens (tertiary/aromatic N) is 2. The number of methoxy groups -OCH3 is 2. The molecule has 0 aliphatic heterocycles. The van der Waals surface area contributed by atoms with E-state index in [1.807, 2.05) is 0 Å². The maximum atomic E-state index is 11.6. The number of carbonyl (C=O) groups is 1. The van der Waals surface area contributed by atoms with Crippen LogP contribution in [0.4, 0.5) is 0 Å². The number of ether oxygens (including phenoxy) is 2. The highest BCUT2D eigenvalue weighted by molar-refractivity contribution is 5.94. The maximum absolute atomic E-state index is 11.6. The highest BCUT2D eigenvalue weighted by Gasteiger charge is 2.18. The lowest BCUT2D eigenvalue weighted by molar-refractivity contribution is 0.0594. The van der Waals surface area contributed by atoms with Gasteiger partial charge in [-0.25, -0.2) is 9.78 Å². The molecule has 2 aromatic rings. The summed E-state index contributed by atoms with van der Waals surface area (Å²) in [7, 11) is 2.76. The molecule has 6 nitrogen and oxygen atoms in total. The lowest BCUT2D eigenvalue weighted by atomic mass is 10.1. The largest absolute Gasteiger partial charge is 0.507 e. The number of aromatic hydroxyl groups is 1. The summed E-state index contributed by atoms with van der Waals surface area (Å²) in [4.78, 5) is 19.6. The number of rotatable bonds is 3. The Labute approximate surface area is 109 Å². The Hall–Kier alpha value is -2.63. The Morgan fingerprint density at radius 3 is 2.58 bits per heavy atom. The van der Waals surface area contributed by atoms with Crippen LogP contribution in [0.1, 0.15) is 10.5 Å². The molecule has 0 bridgehead atoms. The summed E-state index contributed by atoms with van der Waals surface area (Å²) in [6.07, 6.45) is 2.82. The molecule has 98 valence electrons. The second-order valence-electron chi connectivity index (χ2n) is 3.63. The van der Waals surface area contributed by atoms with Crippen molar-refractivity contribution in [3.05, 3.63) is 36.3 Å². The molecule has 2 rings (SSSR count). The second-order valence-corrected chi connectivity index (χ2v) is 3.63. The number of benzene rings is 1. The van der Waals surface area contributed by atoms with Gasteiger partial charge in [0.05, 0.1) is 14.2 Å². The SMILES string of the molecule is COC(=O)c1nccnc1-c1ccc(OC)cc1O. The third-order valence-corrected chi connectivity index (χ3v) is 2.54. The smallest absolute Gasteiger partial charge is 0.358 e. The van der Waals surface area contributed by atoms with Crippen molar-refractivity contribution in [2.75, 3.05) is 14.2 Å². The molecule has 1 heterocycles. The first-order valence-corrected chi connectivity index (χ1v) is 5.44. The molecule has 1 aromatic carbocycles. The van der Waals surface area contributed by atoms with E-state index in [9.17, 15) is 9.90 Å². The van der Waals surface area contributed by atoms with Crippen LogP contribution in [0.15, 0.2) is 30.6 Å². The minimum Gasteiger partial charge on any atom is -0.507 e. The molecule has 0 fully saturated rings. The molecule has 0 saturated heterocycles. The van der Waals surface area contributed by atoms with Crippen molar-refractivity contribution in [1.29, 1.82) is 0 Å². The van der Waals surface area contributed by atoms with Crippen molar-refractivity contribution in [2.45, 2.75) is 0 Å². The van der Waals surface area contributed by atoms with E-state index in [1.54, 1.807) is 12.1 Å². The molecular weight excluding hydrogens is 248 g/mol. The molecule has 6 heteroatoms. The van der Waals surface area contributed by atoms with Gasteiger partial charge in [-0.1, -0.05) is 0 Å². The van der Waals surface area contributed by atoms with Crippen molar-refractivity contribution >= 4 is 5.97 Å². The Morgan fingerprint density at radius 1 is 1.21 bits per heavy atom. The van der Waals surface area contributed by atoms with Crippen LogP contribution in [0, 0.1) is 0 Å². The summed E-state index contributed by atoms with van der Waals surface area (Å²) in [5.41, 5.74) is 0.689. The third-order valence-electron chi connectivity index (χ3n) is 2.54. The van der Waals surface area contributed by atoms with Gasteiger partial charge in [-0.15, -0.1) is 0 Å². The molecule has 0 aliphatic carbocycles. The van der Waals surface area contributed by atoms with E-state index in [0.29, 0.717) is 11.3 Å². The third kappa shape index (κ3) is 2.47. The molecular formula is C13H12N2O4. The molecule has 0 amide bonds. The van der Waals surface area contributed by atoms with Gasteiger partial charge < -0.3 is 14.6 Å². The number of phenols is 1. The quantitative estimate of drug-likeness (QED) is 0.845.